The molecule has 21 heavy (non-hydrogen) atoms. The molecule has 2 aromatic rings. The first kappa shape index (κ1) is 14.8. The highest BCUT2D eigenvalue weighted by Crippen LogP contribution is 2.31. The molecule has 0 bridgehead atoms. The fourth-order valence-corrected chi connectivity index (χ4v) is 3.43. The van der Waals surface area contributed by atoms with Crippen LogP contribution in [0.5, 0.6) is 0 Å². The summed E-state index contributed by atoms with van der Waals surface area (Å²) in [5, 5.41) is 0. The van der Waals surface area contributed by atoms with Gasteiger partial charge >= 0.3 is 6.18 Å². The van der Waals surface area contributed by atoms with E-state index in [9.17, 15) is 18.0 Å². The minimum absolute atomic E-state index is 0.00223. The van der Waals surface area contributed by atoms with E-state index < -0.39 is 17.6 Å². The number of thiazole rings is 1. The third-order valence-electron chi connectivity index (χ3n) is 3.08. The van der Waals surface area contributed by atoms with E-state index in [2.05, 4.69) is 9.97 Å². The molecule has 10 heteroatoms. The Morgan fingerprint density at radius 1 is 1.43 bits per heavy atom. The summed E-state index contributed by atoms with van der Waals surface area (Å²) in [7, 11) is 0. The normalized spacial score (nSPS) is 16.4. The Kier molecular flexibility index (Phi) is 3.70. The first-order valence-electron chi connectivity index (χ1n) is 6.00. The summed E-state index contributed by atoms with van der Waals surface area (Å²) in [4.78, 5) is 20.0. The van der Waals surface area contributed by atoms with Gasteiger partial charge in [-0.25, -0.2) is 9.97 Å². The molecule has 5 nitrogen and oxygen atoms in total. The highest BCUT2D eigenvalue weighted by atomic mass is 32.2. The van der Waals surface area contributed by atoms with Gasteiger partial charge in [0.15, 0.2) is 14.7 Å². The minimum Gasteiger partial charge on any atom is -0.381 e. The van der Waals surface area contributed by atoms with Crippen LogP contribution in [0.1, 0.15) is 5.82 Å². The zero-order valence-corrected chi connectivity index (χ0v) is 12.4. The second-order valence-corrected chi connectivity index (χ2v) is 6.62. The number of aromatic nitrogens is 3. The molecule has 0 spiro atoms. The van der Waals surface area contributed by atoms with Crippen molar-refractivity contribution < 1.29 is 17.9 Å². The van der Waals surface area contributed by atoms with Crippen LogP contribution in [0.2, 0.25) is 0 Å². The van der Waals surface area contributed by atoms with Gasteiger partial charge in [-0.15, -0.1) is 0 Å². The lowest BCUT2D eigenvalue weighted by molar-refractivity contribution is -0.149. The van der Waals surface area contributed by atoms with Crippen LogP contribution in [-0.2, 0) is 17.5 Å². The lowest BCUT2D eigenvalue weighted by atomic mass is 10.1. The standard InChI is InChI=1S/C11H10F3N3O2S2/c1-20-10-15-6-7(21-10)16-9(11(12,13)14)17(8(6)18)2-5-3-19-4-5/h5H,2-4H2,1H3. The topological polar surface area (TPSA) is 57.0 Å². The number of hydrogen-bond donors (Lipinski definition) is 0. The first-order chi connectivity index (χ1) is 9.90. The molecular weight excluding hydrogens is 327 g/mol. The van der Waals surface area contributed by atoms with Crippen molar-refractivity contribution >= 4 is 33.4 Å². The van der Waals surface area contributed by atoms with Crippen molar-refractivity contribution in [3.63, 3.8) is 0 Å². The molecule has 0 aliphatic carbocycles. The Bertz CT molecular complexity index is 737. The molecule has 1 aliphatic heterocycles. The zero-order chi connectivity index (χ0) is 15.2. The molecule has 0 unspecified atom stereocenters. The van der Waals surface area contributed by atoms with E-state index in [1.54, 1.807) is 6.26 Å². The average molecular weight is 337 g/mol. The maximum absolute atomic E-state index is 13.1. The van der Waals surface area contributed by atoms with E-state index in [1.165, 1.54) is 11.8 Å². The van der Waals surface area contributed by atoms with Gasteiger partial charge in [-0.3, -0.25) is 9.36 Å². The van der Waals surface area contributed by atoms with Gasteiger partial charge in [0.1, 0.15) is 0 Å². The summed E-state index contributed by atoms with van der Waals surface area (Å²) >= 11 is 2.26. The van der Waals surface area contributed by atoms with Crippen LogP contribution < -0.4 is 5.56 Å². The second kappa shape index (κ2) is 5.25. The van der Waals surface area contributed by atoms with Gasteiger partial charge < -0.3 is 4.74 Å². The van der Waals surface area contributed by atoms with E-state index in [-0.39, 0.29) is 22.8 Å². The lowest BCUT2D eigenvalue weighted by Crippen LogP contribution is -2.38. The summed E-state index contributed by atoms with van der Waals surface area (Å²) < 4.78 is 45.6. The Morgan fingerprint density at radius 3 is 2.67 bits per heavy atom. The molecule has 2 aromatic heterocycles. The van der Waals surface area contributed by atoms with E-state index in [1.807, 2.05) is 0 Å². The lowest BCUT2D eigenvalue weighted by Gasteiger charge is -2.27. The molecule has 1 saturated heterocycles. The highest BCUT2D eigenvalue weighted by Gasteiger charge is 2.38. The van der Waals surface area contributed by atoms with E-state index in [4.69, 9.17) is 4.74 Å². The molecule has 1 aliphatic rings. The number of thioether (sulfide) groups is 1. The van der Waals surface area contributed by atoms with Crippen LogP contribution in [0, 0.1) is 5.92 Å². The summed E-state index contributed by atoms with van der Waals surface area (Å²) in [6.07, 6.45) is -2.94. The Morgan fingerprint density at radius 2 is 2.14 bits per heavy atom. The predicted molar refractivity (Wildman–Crippen MR) is 72.8 cm³/mol. The second-order valence-electron chi connectivity index (χ2n) is 4.59. The van der Waals surface area contributed by atoms with E-state index >= 15 is 0 Å². The molecule has 1 fully saturated rings. The molecular formula is C11H10F3N3O2S2. The Labute approximate surface area is 125 Å². The molecule has 114 valence electrons. The third-order valence-corrected chi connectivity index (χ3v) is 5.01. The summed E-state index contributed by atoms with van der Waals surface area (Å²) in [6.45, 7) is 0.659. The number of halogens is 3. The highest BCUT2D eigenvalue weighted by molar-refractivity contribution is 8.00. The quantitative estimate of drug-likeness (QED) is 0.804. The fourth-order valence-electron chi connectivity index (χ4n) is 2.01. The molecule has 0 aromatic carbocycles. The van der Waals surface area contributed by atoms with E-state index in [0.717, 1.165) is 11.3 Å². The van der Waals surface area contributed by atoms with Gasteiger partial charge in [-0.05, 0) is 6.26 Å². The van der Waals surface area contributed by atoms with Crippen LogP contribution in [0.25, 0.3) is 10.3 Å². The van der Waals surface area contributed by atoms with Crippen molar-refractivity contribution in [3.8, 4) is 0 Å². The van der Waals surface area contributed by atoms with Crippen LogP contribution in [0.3, 0.4) is 0 Å². The Balaban J connectivity index is 2.20. The van der Waals surface area contributed by atoms with Gasteiger partial charge in [0.2, 0.25) is 5.82 Å². The van der Waals surface area contributed by atoms with Crippen LogP contribution >= 0.6 is 23.1 Å². The number of ether oxygens (including phenoxy) is 1. The zero-order valence-electron chi connectivity index (χ0n) is 10.8. The summed E-state index contributed by atoms with van der Waals surface area (Å²) in [5.41, 5.74) is -0.742. The SMILES string of the molecule is CSc1nc2c(=O)n(CC3COC3)c(C(F)(F)F)nc2s1. The molecule has 0 saturated carbocycles. The van der Waals surface area contributed by atoms with Crippen molar-refractivity contribution in [1.82, 2.24) is 14.5 Å². The summed E-state index contributed by atoms with van der Waals surface area (Å²) in [5.74, 6) is -1.26. The number of alkyl halides is 3. The smallest absolute Gasteiger partial charge is 0.381 e. The van der Waals surface area contributed by atoms with Gasteiger partial charge in [0, 0.05) is 12.5 Å². The van der Waals surface area contributed by atoms with Crippen LogP contribution in [0.4, 0.5) is 13.2 Å². The minimum atomic E-state index is -4.68. The van der Waals surface area contributed by atoms with Gasteiger partial charge in [0.05, 0.1) is 13.2 Å². The summed E-state index contributed by atoms with van der Waals surface area (Å²) in [6, 6.07) is 0. The number of hydrogen-bond acceptors (Lipinski definition) is 6. The monoisotopic (exact) mass is 337 g/mol. The Hall–Kier alpha value is -1.13. The molecule has 3 heterocycles. The third kappa shape index (κ3) is 2.67. The van der Waals surface area contributed by atoms with Gasteiger partial charge in [0.25, 0.3) is 5.56 Å². The first-order valence-corrected chi connectivity index (χ1v) is 8.04. The number of fused-ring (bicyclic) bond motifs is 1. The largest absolute Gasteiger partial charge is 0.449 e. The fraction of sp³-hybridized carbons (Fsp3) is 0.545. The van der Waals surface area contributed by atoms with Crippen LogP contribution in [0.15, 0.2) is 9.13 Å². The molecule has 0 N–H and O–H groups in total. The van der Waals surface area contributed by atoms with Gasteiger partial charge in [-0.2, -0.15) is 13.2 Å². The molecule has 3 rings (SSSR count). The van der Waals surface area contributed by atoms with Crippen molar-refractivity contribution in [2.24, 2.45) is 5.92 Å². The van der Waals surface area contributed by atoms with E-state index in [0.29, 0.717) is 22.1 Å². The van der Waals surface area contributed by atoms with Crippen molar-refractivity contribution in [2.45, 2.75) is 17.1 Å². The maximum Gasteiger partial charge on any atom is 0.449 e. The average Bonchev–Trinajstić information content (AvgIpc) is 2.77. The van der Waals surface area contributed by atoms with Crippen molar-refractivity contribution in [3.05, 3.63) is 16.2 Å². The molecule has 0 atom stereocenters. The number of nitrogens with zero attached hydrogens (tertiary/aromatic N) is 3. The van der Waals surface area contributed by atoms with Gasteiger partial charge in [-0.1, -0.05) is 23.1 Å². The van der Waals surface area contributed by atoms with Crippen molar-refractivity contribution in [1.29, 1.82) is 0 Å². The number of rotatable bonds is 3. The molecule has 0 amide bonds. The molecule has 0 radical (unpaired) electrons. The predicted octanol–water partition coefficient (Wildman–Crippen LogP) is 2.24. The maximum atomic E-state index is 13.1. The van der Waals surface area contributed by atoms with Crippen LogP contribution in [-0.4, -0.2) is 34.0 Å². The van der Waals surface area contributed by atoms with Crippen molar-refractivity contribution in [2.75, 3.05) is 19.5 Å².